The third-order valence-electron chi connectivity index (χ3n) is 1.22. The van der Waals surface area contributed by atoms with E-state index in [1.54, 1.807) is 11.8 Å². The number of thioether (sulfide) groups is 2. The van der Waals surface area contributed by atoms with Crippen LogP contribution in [0.3, 0.4) is 0 Å². The van der Waals surface area contributed by atoms with Crippen molar-refractivity contribution in [3.63, 3.8) is 0 Å². The molecule has 1 atom stereocenters. The monoisotopic (exact) mass is 193 g/mol. The van der Waals surface area contributed by atoms with Gasteiger partial charge in [0.15, 0.2) is 0 Å². The fourth-order valence-corrected chi connectivity index (χ4v) is 1.72. The summed E-state index contributed by atoms with van der Waals surface area (Å²) in [4.78, 5) is 11.1. The normalized spacial score (nSPS) is 13.0. The highest BCUT2D eigenvalue weighted by molar-refractivity contribution is 8.13. The van der Waals surface area contributed by atoms with Crippen LogP contribution in [0.2, 0.25) is 0 Å². The van der Waals surface area contributed by atoms with E-state index < -0.39 is 0 Å². The van der Waals surface area contributed by atoms with Gasteiger partial charge in [0.25, 0.3) is 0 Å². The van der Waals surface area contributed by atoms with Crippen molar-refractivity contribution >= 4 is 28.6 Å². The van der Waals surface area contributed by atoms with E-state index in [2.05, 4.69) is 0 Å². The minimum atomic E-state index is -0.257. The van der Waals surface area contributed by atoms with Crippen LogP contribution in [-0.4, -0.2) is 28.9 Å². The van der Waals surface area contributed by atoms with Gasteiger partial charge in [-0.05, 0) is 24.2 Å². The van der Waals surface area contributed by atoms with Gasteiger partial charge >= 0.3 is 0 Å². The van der Waals surface area contributed by atoms with E-state index in [9.17, 15) is 4.79 Å². The molecule has 0 aliphatic carbocycles. The Labute approximate surface area is 76.7 Å². The molecule has 0 spiro atoms. The Kier molecular flexibility index (Phi) is 7.22. The van der Waals surface area contributed by atoms with Gasteiger partial charge in [0.05, 0.1) is 6.04 Å². The molecular formula is C7H15NOS2. The molecule has 0 rings (SSSR count). The summed E-state index contributed by atoms with van der Waals surface area (Å²) in [6, 6.07) is -0.257. The van der Waals surface area contributed by atoms with Gasteiger partial charge < -0.3 is 5.73 Å². The van der Waals surface area contributed by atoms with Crippen LogP contribution in [0.1, 0.15) is 13.3 Å². The van der Waals surface area contributed by atoms with Crippen LogP contribution in [0.4, 0.5) is 0 Å². The summed E-state index contributed by atoms with van der Waals surface area (Å²) in [6.45, 7) is 1.96. The van der Waals surface area contributed by atoms with Crippen molar-refractivity contribution in [2.45, 2.75) is 19.4 Å². The summed E-state index contributed by atoms with van der Waals surface area (Å²) in [6.07, 6.45) is 2.82. The summed E-state index contributed by atoms with van der Waals surface area (Å²) in [7, 11) is 0. The molecule has 2 nitrogen and oxygen atoms in total. The Hall–Kier alpha value is 0.330. The average molecular weight is 193 g/mol. The standard InChI is InChI=1S/C7H15NOS2/c1-3-11-7(9)6(8)4-5-10-2/h6H,3-5,8H2,1-2H3/t6-/m1/s1. The number of nitrogens with two attached hydrogens (primary N) is 1. The van der Waals surface area contributed by atoms with Crippen LogP contribution in [0.5, 0.6) is 0 Å². The number of hydrogen-bond donors (Lipinski definition) is 1. The van der Waals surface area contributed by atoms with Gasteiger partial charge in [-0.25, -0.2) is 0 Å². The van der Waals surface area contributed by atoms with Gasteiger partial charge in [0, 0.05) is 0 Å². The molecule has 2 N–H and O–H groups in total. The van der Waals surface area contributed by atoms with Crippen molar-refractivity contribution in [3.05, 3.63) is 0 Å². The van der Waals surface area contributed by atoms with E-state index in [1.807, 2.05) is 13.2 Å². The molecule has 0 fully saturated rings. The van der Waals surface area contributed by atoms with E-state index in [-0.39, 0.29) is 11.2 Å². The Morgan fingerprint density at radius 3 is 2.73 bits per heavy atom. The zero-order chi connectivity index (χ0) is 8.69. The third-order valence-corrected chi connectivity index (χ3v) is 2.74. The van der Waals surface area contributed by atoms with Crippen LogP contribution >= 0.6 is 23.5 Å². The lowest BCUT2D eigenvalue weighted by Crippen LogP contribution is -2.28. The van der Waals surface area contributed by atoms with Crippen molar-refractivity contribution in [1.29, 1.82) is 0 Å². The lowest BCUT2D eigenvalue weighted by atomic mass is 10.3. The Bertz CT molecular complexity index is 119. The first-order chi connectivity index (χ1) is 5.22. The fraction of sp³-hybridized carbons (Fsp3) is 0.857. The van der Waals surface area contributed by atoms with E-state index in [1.165, 1.54) is 11.8 Å². The molecule has 0 saturated heterocycles. The molecule has 0 unspecified atom stereocenters. The summed E-state index contributed by atoms with van der Waals surface area (Å²) in [5, 5.41) is 0.126. The van der Waals surface area contributed by atoms with Crippen LogP contribution in [0, 0.1) is 0 Å². The Balaban J connectivity index is 3.46. The SMILES string of the molecule is CCSC(=O)[C@H](N)CCSC. The molecule has 0 aliphatic rings. The van der Waals surface area contributed by atoms with Gasteiger partial charge in [-0.2, -0.15) is 11.8 Å². The topological polar surface area (TPSA) is 43.1 Å². The predicted molar refractivity (Wildman–Crippen MR) is 54.1 cm³/mol. The number of carbonyl (C=O) groups excluding carboxylic acids is 1. The summed E-state index contributed by atoms with van der Waals surface area (Å²) in [5.41, 5.74) is 5.61. The van der Waals surface area contributed by atoms with Crippen LogP contribution in [0.25, 0.3) is 0 Å². The van der Waals surface area contributed by atoms with Crippen molar-refractivity contribution < 1.29 is 4.79 Å². The quantitative estimate of drug-likeness (QED) is 0.715. The maximum Gasteiger partial charge on any atom is 0.205 e. The van der Waals surface area contributed by atoms with Crippen LogP contribution in [0.15, 0.2) is 0 Å². The number of carbonyl (C=O) groups is 1. The molecule has 0 aromatic heterocycles. The van der Waals surface area contributed by atoms with Gasteiger partial charge in [0.2, 0.25) is 5.12 Å². The molecule has 66 valence electrons. The molecule has 0 radical (unpaired) electrons. The van der Waals surface area contributed by atoms with E-state index in [4.69, 9.17) is 5.73 Å². The van der Waals surface area contributed by atoms with Crippen molar-refractivity contribution in [2.75, 3.05) is 17.8 Å². The molecule has 0 bridgehead atoms. The number of rotatable bonds is 5. The lowest BCUT2D eigenvalue weighted by Gasteiger charge is -2.07. The van der Waals surface area contributed by atoms with Crippen LogP contribution < -0.4 is 5.73 Å². The van der Waals surface area contributed by atoms with Gasteiger partial charge in [0.1, 0.15) is 0 Å². The fourth-order valence-electron chi connectivity index (χ4n) is 0.612. The van der Waals surface area contributed by atoms with Gasteiger partial charge in [-0.3, -0.25) is 4.79 Å². The molecule has 11 heavy (non-hydrogen) atoms. The minimum absolute atomic E-state index is 0.126. The highest BCUT2D eigenvalue weighted by Crippen LogP contribution is 2.07. The number of hydrogen-bond acceptors (Lipinski definition) is 4. The lowest BCUT2D eigenvalue weighted by molar-refractivity contribution is -0.112. The van der Waals surface area contributed by atoms with Crippen LogP contribution in [-0.2, 0) is 4.79 Å². The van der Waals surface area contributed by atoms with E-state index >= 15 is 0 Å². The second kappa shape index (κ2) is 7.00. The van der Waals surface area contributed by atoms with Crippen molar-refractivity contribution in [1.82, 2.24) is 0 Å². The average Bonchev–Trinajstić information content (AvgIpc) is 2.00. The molecule has 4 heteroatoms. The summed E-state index contributed by atoms with van der Waals surface area (Å²) < 4.78 is 0. The third kappa shape index (κ3) is 5.58. The van der Waals surface area contributed by atoms with Gasteiger partial charge in [-0.1, -0.05) is 18.7 Å². The molecule has 0 heterocycles. The summed E-state index contributed by atoms with van der Waals surface area (Å²) >= 11 is 3.04. The van der Waals surface area contributed by atoms with Crippen molar-refractivity contribution in [3.8, 4) is 0 Å². The van der Waals surface area contributed by atoms with Crippen molar-refractivity contribution in [2.24, 2.45) is 5.73 Å². The second-order valence-electron chi connectivity index (χ2n) is 2.14. The zero-order valence-electron chi connectivity index (χ0n) is 7.00. The largest absolute Gasteiger partial charge is 0.321 e. The first kappa shape index (κ1) is 11.3. The minimum Gasteiger partial charge on any atom is -0.321 e. The first-order valence-electron chi connectivity index (χ1n) is 3.63. The molecular weight excluding hydrogens is 178 g/mol. The Morgan fingerprint density at radius 1 is 1.64 bits per heavy atom. The maximum absolute atomic E-state index is 11.1. The Morgan fingerprint density at radius 2 is 2.27 bits per heavy atom. The second-order valence-corrected chi connectivity index (χ2v) is 4.39. The maximum atomic E-state index is 11.1. The highest BCUT2D eigenvalue weighted by atomic mass is 32.2. The zero-order valence-corrected chi connectivity index (χ0v) is 8.63. The predicted octanol–water partition coefficient (Wildman–Crippen LogP) is 1.35. The molecule has 0 aromatic carbocycles. The highest BCUT2D eigenvalue weighted by Gasteiger charge is 2.11. The smallest absolute Gasteiger partial charge is 0.205 e. The summed E-state index contributed by atoms with van der Waals surface area (Å²) in [5.74, 6) is 1.79. The molecule has 0 saturated carbocycles. The molecule has 0 aromatic rings. The first-order valence-corrected chi connectivity index (χ1v) is 6.01. The molecule has 0 amide bonds. The van der Waals surface area contributed by atoms with E-state index in [0.29, 0.717) is 0 Å². The molecule has 0 aliphatic heterocycles. The van der Waals surface area contributed by atoms with E-state index in [0.717, 1.165) is 17.9 Å². The van der Waals surface area contributed by atoms with Gasteiger partial charge in [-0.15, -0.1) is 0 Å².